The standard InChI is InChI=1S/C13H13NO3/c1-7-3-4-10-8(5-7)13(12(16)14-10)6-9(13)11(15)17-2/h3-5,9H,6H2,1-2H3,(H,14,16)/t9-,13-/m0/s1. The van der Waals surface area contributed by atoms with Crippen LogP contribution in [0.1, 0.15) is 17.5 Å². The molecule has 2 aliphatic rings. The third-order valence-corrected chi connectivity index (χ3v) is 3.76. The molecule has 1 spiro atoms. The number of rotatable bonds is 1. The Labute approximate surface area is 99.0 Å². The van der Waals surface area contributed by atoms with Gasteiger partial charge in [-0.2, -0.15) is 0 Å². The SMILES string of the molecule is COC(=O)[C@@H]1C[C@@]12C(=O)Nc1ccc(C)cc12. The number of carbonyl (C=O) groups excluding carboxylic acids is 2. The molecule has 1 aliphatic carbocycles. The third-order valence-electron chi connectivity index (χ3n) is 3.76. The van der Waals surface area contributed by atoms with Crippen LogP contribution in [0.2, 0.25) is 0 Å². The summed E-state index contributed by atoms with van der Waals surface area (Å²) in [6.45, 7) is 1.98. The predicted octanol–water partition coefficient (Wildman–Crippen LogP) is 1.38. The van der Waals surface area contributed by atoms with Gasteiger partial charge >= 0.3 is 5.97 Å². The van der Waals surface area contributed by atoms with Gasteiger partial charge in [-0.25, -0.2) is 0 Å². The molecule has 4 heteroatoms. The molecule has 3 rings (SSSR count). The number of ether oxygens (including phenoxy) is 1. The molecular formula is C13H13NO3. The van der Waals surface area contributed by atoms with Gasteiger partial charge in [0.25, 0.3) is 0 Å². The third kappa shape index (κ3) is 1.18. The largest absolute Gasteiger partial charge is 0.469 e. The lowest BCUT2D eigenvalue weighted by atomic mass is 9.93. The summed E-state index contributed by atoms with van der Waals surface area (Å²) in [6.07, 6.45) is 0.558. The van der Waals surface area contributed by atoms with Gasteiger partial charge in [0.2, 0.25) is 5.91 Å². The average Bonchev–Trinajstić information content (AvgIpc) is 3.00. The highest BCUT2D eigenvalue weighted by molar-refractivity contribution is 6.12. The summed E-state index contributed by atoms with van der Waals surface area (Å²) in [5.41, 5.74) is 2.20. The Morgan fingerprint density at radius 3 is 3.00 bits per heavy atom. The number of benzene rings is 1. The Morgan fingerprint density at radius 1 is 1.53 bits per heavy atom. The zero-order chi connectivity index (χ0) is 12.2. The molecule has 88 valence electrons. The van der Waals surface area contributed by atoms with Gasteiger partial charge in [0, 0.05) is 5.69 Å². The highest BCUT2D eigenvalue weighted by Crippen LogP contribution is 2.60. The number of aryl methyl sites for hydroxylation is 1. The number of carbonyl (C=O) groups is 2. The normalized spacial score (nSPS) is 28.8. The first-order chi connectivity index (χ1) is 8.09. The summed E-state index contributed by atoms with van der Waals surface area (Å²) < 4.78 is 4.74. The molecule has 1 heterocycles. The molecule has 0 aromatic heterocycles. The van der Waals surface area contributed by atoms with Gasteiger partial charge in [0.05, 0.1) is 18.4 Å². The second-order valence-electron chi connectivity index (χ2n) is 4.75. The first-order valence-corrected chi connectivity index (χ1v) is 5.60. The molecule has 0 unspecified atom stereocenters. The van der Waals surface area contributed by atoms with Crippen LogP contribution in [0.5, 0.6) is 0 Å². The predicted molar refractivity (Wildman–Crippen MR) is 61.6 cm³/mol. The monoisotopic (exact) mass is 231 g/mol. The Kier molecular flexibility index (Phi) is 1.88. The minimum Gasteiger partial charge on any atom is -0.469 e. The quantitative estimate of drug-likeness (QED) is 0.743. The number of amides is 1. The van der Waals surface area contributed by atoms with Crippen molar-refractivity contribution in [3.63, 3.8) is 0 Å². The Hall–Kier alpha value is -1.84. The molecule has 0 bridgehead atoms. The molecular weight excluding hydrogens is 218 g/mol. The van der Waals surface area contributed by atoms with Crippen molar-refractivity contribution in [3.8, 4) is 0 Å². The van der Waals surface area contributed by atoms with Crippen molar-refractivity contribution < 1.29 is 14.3 Å². The lowest BCUT2D eigenvalue weighted by molar-refractivity contribution is -0.143. The van der Waals surface area contributed by atoms with Crippen molar-refractivity contribution in [2.24, 2.45) is 5.92 Å². The number of nitrogens with one attached hydrogen (secondary N) is 1. The van der Waals surface area contributed by atoms with E-state index in [0.717, 1.165) is 16.8 Å². The Morgan fingerprint density at radius 2 is 2.29 bits per heavy atom. The highest BCUT2D eigenvalue weighted by Gasteiger charge is 2.68. The van der Waals surface area contributed by atoms with Crippen LogP contribution in [0, 0.1) is 12.8 Å². The van der Waals surface area contributed by atoms with Crippen molar-refractivity contribution >= 4 is 17.6 Å². The van der Waals surface area contributed by atoms with E-state index < -0.39 is 5.41 Å². The molecule has 1 aromatic carbocycles. The maximum Gasteiger partial charge on any atom is 0.310 e. The van der Waals surface area contributed by atoms with Gasteiger partial charge in [0.15, 0.2) is 0 Å². The zero-order valence-electron chi connectivity index (χ0n) is 9.74. The summed E-state index contributed by atoms with van der Waals surface area (Å²) in [7, 11) is 1.36. The molecule has 17 heavy (non-hydrogen) atoms. The van der Waals surface area contributed by atoms with E-state index >= 15 is 0 Å². The second-order valence-corrected chi connectivity index (χ2v) is 4.75. The summed E-state index contributed by atoms with van der Waals surface area (Å²) in [4.78, 5) is 23.6. The molecule has 0 radical (unpaired) electrons. The first-order valence-electron chi connectivity index (χ1n) is 5.60. The lowest BCUT2D eigenvalue weighted by Gasteiger charge is -2.07. The van der Waals surface area contributed by atoms with Crippen LogP contribution in [-0.2, 0) is 19.7 Å². The van der Waals surface area contributed by atoms with Gasteiger partial charge in [-0.15, -0.1) is 0 Å². The summed E-state index contributed by atoms with van der Waals surface area (Å²) in [5, 5.41) is 2.84. The number of anilines is 1. The van der Waals surface area contributed by atoms with Gasteiger partial charge in [0.1, 0.15) is 0 Å². The molecule has 1 N–H and O–H groups in total. The zero-order valence-corrected chi connectivity index (χ0v) is 9.74. The minimum atomic E-state index is -0.658. The van der Waals surface area contributed by atoms with Crippen LogP contribution < -0.4 is 5.32 Å². The van der Waals surface area contributed by atoms with E-state index in [1.807, 2.05) is 25.1 Å². The summed E-state index contributed by atoms with van der Waals surface area (Å²) >= 11 is 0. The molecule has 1 amide bonds. The van der Waals surface area contributed by atoms with Crippen LogP contribution in [0.3, 0.4) is 0 Å². The van der Waals surface area contributed by atoms with E-state index in [-0.39, 0.29) is 17.8 Å². The highest BCUT2D eigenvalue weighted by atomic mass is 16.5. The van der Waals surface area contributed by atoms with E-state index in [1.165, 1.54) is 7.11 Å². The van der Waals surface area contributed by atoms with E-state index in [1.54, 1.807) is 0 Å². The Bertz CT molecular complexity index is 537. The Balaban J connectivity index is 2.07. The number of hydrogen-bond donors (Lipinski definition) is 1. The maximum absolute atomic E-state index is 12.0. The van der Waals surface area contributed by atoms with Crippen LogP contribution in [-0.4, -0.2) is 19.0 Å². The fourth-order valence-electron chi connectivity index (χ4n) is 2.73. The topological polar surface area (TPSA) is 55.4 Å². The van der Waals surface area contributed by atoms with E-state index in [9.17, 15) is 9.59 Å². The van der Waals surface area contributed by atoms with E-state index in [4.69, 9.17) is 4.74 Å². The lowest BCUT2D eigenvalue weighted by Crippen LogP contribution is -2.24. The van der Waals surface area contributed by atoms with Gasteiger partial charge < -0.3 is 10.1 Å². The maximum atomic E-state index is 12.0. The number of hydrogen-bond acceptors (Lipinski definition) is 3. The van der Waals surface area contributed by atoms with Gasteiger partial charge in [-0.3, -0.25) is 9.59 Å². The second kappa shape index (κ2) is 3.09. The minimum absolute atomic E-state index is 0.0755. The molecule has 1 aromatic rings. The van der Waals surface area contributed by atoms with Gasteiger partial charge in [-0.05, 0) is 25.0 Å². The average molecular weight is 231 g/mol. The molecule has 1 saturated carbocycles. The molecule has 1 fully saturated rings. The molecule has 1 aliphatic heterocycles. The van der Waals surface area contributed by atoms with E-state index in [0.29, 0.717) is 6.42 Å². The van der Waals surface area contributed by atoms with Gasteiger partial charge in [-0.1, -0.05) is 17.7 Å². The van der Waals surface area contributed by atoms with E-state index in [2.05, 4.69) is 5.32 Å². The van der Waals surface area contributed by atoms with Crippen molar-refractivity contribution in [2.45, 2.75) is 18.8 Å². The van der Waals surface area contributed by atoms with Crippen molar-refractivity contribution in [2.75, 3.05) is 12.4 Å². The smallest absolute Gasteiger partial charge is 0.310 e. The summed E-state index contributed by atoms with van der Waals surface area (Å²) in [6, 6.07) is 5.83. The fraction of sp³-hybridized carbons (Fsp3) is 0.385. The van der Waals surface area contributed by atoms with Crippen LogP contribution in [0.15, 0.2) is 18.2 Å². The van der Waals surface area contributed by atoms with Crippen molar-refractivity contribution in [1.82, 2.24) is 0 Å². The van der Waals surface area contributed by atoms with Crippen molar-refractivity contribution in [3.05, 3.63) is 29.3 Å². The summed E-state index contributed by atoms with van der Waals surface area (Å²) in [5.74, 6) is -0.696. The van der Waals surface area contributed by atoms with Crippen LogP contribution in [0.25, 0.3) is 0 Å². The van der Waals surface area contributed by atoms with Crippen LogP contribution in [0.4, 0.5) is 5.69 Å². The van der Waals surface area contributed by atoms with Crippen molar-refractivity contribution in [1.29, 1.82) is 0 Å². The first kappa shape index (κ1) is 10.3. The molecule has 0 saturated heterocycles. The number of fused-ring (bicyclic) bond motifs is 2. The molecule has 2 atom stereocenters. The van der Waals surface area contributed by atoms with Crippen LogP contribution >= 0.6 is 0 Å². The fourth-order valence-corrected chi connectivity index (χ4v) is 2.73. The molecule has 4 nitrogen and oxygen atoms in total. The number of esters is 1. The number of methoxy groups -OCH3 is 1.